The maximum atomic E-state index is 12.8. The number of H-pyrrole nitrogens is 1. The van der Waals surface area contributed by atoms with Gasteiger partial charge < -0.3 is 4.98 Å². The number of hydrogen-bond donors (Lipinski definition) is 2. The Labute approximate surface area is 119 Å². The Kier molecular flexibility index (Phi) is 3.70. The standard InChI is InChI=1S/C12H12F3N3O2S/c1-7-3-4-9(5-10(7)12(13,14)15)18-21(19,20)11-6-16-8(2)17-11/h3-6,18H,1-2H3,(H,16,17). The minimum absolute atomic E-state index is 0.0165. The van der Waals surface area contributed by atoms with Gasteiger partial charge in [0.25, 0.3) is 10.0 Å². The molecule has 0 bridgehead atoms. The lowest BCUT2D eigenvalue weighted by Gasteiger charge is -2.13. The van der Waals surface area contributed by atoms with E-state index in [1.807, 2.05) is 0 Å². The molecule has 0 aliphatic carbocycles. The first kappa shape index (κ1) is 15.4. The molecule has 21 heavy (non-hydrogen) atoms. The van der Waals surface area contributed by atoms with Crippen molar-refractivity contribution in [2.45, 2.75) is 25.0 Å². The lowest BCUT2D eigenvalue weighted by atomic mass is 10.1. The van der Waals surface area contributed by atoms with E-state index in [1.165, 1.54) is 19.1 Å². The van der Waals surface area contributed by atoms with Crippen LogP contribution in [0.3, 0.4) is 0 Å². The zero-order valence-corrected chi connectivity index (χ0v) is 11.9. The van der Waals surface area contributed by atoms with E-state index in [-0.39, 0.29) is 16.3 Å². The molecular weight excluding hydrogens is 307 g/mol. The van der Waals surface area contributed by atoms with Gasteiger partial charge in [-0.15, -0.1) is 0 Å². The van der Waals surface area contributed by atoms with Crippen molar-refractivity contribution < 1.29 is 21.6 Å². The molecule has 0 saturated carbocycles. The number of hydrogen-bond acceptors (Lipinski definition) is 3. The first-order chi connectivity index (χ1) is 9.59. The van der Waals surface area contributed by atoms with E-state index in [9.17, 15) is 21.6 Å². The van der Waals surface area contributed by atoms with E-state index >= 15 is 0 Å². The van der Waals surface area contributed by atoms with Crippen LogP contribution in [0.1, 0.15) is 17.0 Å². The Bertz CT molecular complexity index is 766. The van der Waals surface area contributed by atoms with Gasteiger partial charge in [-0.2, -0.15) is 21.6 Å². The molecule has 0 aliphatic heterocycles. The molecule has 2 rings (SSSR count). The van der Waals surface area contributed by atoms with Crippen molar-refractivity contribution in [3.8, 4) is 0 Å². The number of sulfonamides is 1. The third kappa shape index (κ3) is 3.35. The van der Waals surface area contributed by atoms with Crippen molar-refractivity contribution in [3.05, 3.63) is 41.3 Å². The molecule has 0 fully saturated rings. The number of aromatic nitrogens is 2. The third-order valence-corrected chi connectivity index (χ3v) is 4.06. The summed E-state index contributed by atoms with van der Waals surface area (Å²) in [6.07, 6.45) is -3.45. The molecule has 1 aromatic carbocycles. The van der Waals surface area contributed by atoms with Crippen molar-refractivity contribution in [2.75, 3.05) is 4.72 Å². The van der Waals surface area contributed by atoms with E-state index in [0.29, 0.717) is 5.82 Å². The maximum absolute atomic E-state index is 12.8. The lowest BCUT2D eigenvalue weighted by molar-refractivity contribution is -0.138. The predicted molar refractivity (Wildman–Crippen MR) is 70.3 cm³/mol. The Hall–Kier alpha value is -2.03. The zero-order chi connectivity index (χ0) is 15.8. The van der Waals surface area contributed by atoms with Crippen molar-refractivity contribution in [1.29, 1.82) is 0 Å². The van der Waals surface area contributed by atoms with Crippen molar-refractivity contribution >= 4 is 15.7 Å². The van der Waals surface area contributed by atoms with Gasteiger partial charge in [-0.05, 0) is 31.5 Å². The number of imidazole rings is 1. The van der Waals surface area contributed by atoms with Crippen LogP contribution in [-0.4, -0.2) is 18.4 Å². The van der Waals surface area contributed by atoms with E-state index < -0.39 is 21.8 Å². The number of aromatic amines is 1. The number of nitrogens with one attached hydrogen (secondary N) is 2. The Morgan fingerprint density at radius 3 is 2.43 bits per heavy atom. The van der Waals surface area contributed by atoms with Gasteiger partial charge in [0.15, 0.2) is 5.03 Å². The van der Waals surface area contributed by atoms with Crippen LogP contribution in [0.25, 0.3) is 0 Å². The normalized spacial score (nSPS) is 12.4. The summed E-state index contributed by atoms with van der Waals surface area (Å²) in [7, 11) is -4.00. The molecule has 0 radical (unpaired) electrons. The fourth-order valence-corrected chi connectivity index (χ4v) is 2.76. The number of alkyl halides is 3. The number of rotatable bonds is 3. The van der Waals surface area contributed by atoms with Crippen LogP contribution < -0.4 is 4.72 Å². The monoisotopic (exact) mass is 319 g/mol. The molecule has 2 N–H and O–H groups in total. The SMILES string of the molecule is Cc1ncc(S(=O)(=O)Nc2ccc(C)c(C(F)(F)F)c2)[nH]1. The number of benzene rings is 1. The predicted octanol–water partition coefficient (Wildman–Crippen LogP) is 2.85. The van der Waals surface area contributed by atoms with E-state index in [1.54, 1.807) is 6.92 Å². The second-order valence-electron chi connectivity index (χ2n) is 4.47. The minimum atomic E-state index is -4.55. The van der Waals surface area contributed by atoms with Gasteiger partial charge in [-0.25, -0.2) is 4.98 Å². The summed E-state index contributed by atoms with van der Waals surface area (Å²) in [5, 5.41) is -0.214. The molecule has 0 unspecified atom stereocenters. The first-order valence-corrected chi connectivity index (χ1v) is 7.30. The Morgan fingerprint density at radius 2 is 1.90 bits per heavy atom. The molecule has 9 heteroatoms. The largest absolute Gasteiger partial charge is 0.416 e. The molecular formula is C12H12F3N3O2S. The fourth-order valence-electron chi connectivity index (χ4n) is 1.74. The number of anilines is 1. The zero-order valence-electron chi connectivity index (χ0n) is 11.1. The highest BCUT2D eigenvalue weighted by atomic mass is 32.2. The Morgan fingerprint density at radius 1 is 1.24 bits per heavy atom. The molecule has 0 saturated heterocycles. The van der Waals surface area contributed by atoms with Crippen LogP contribution >= 0.6 is 0 Å². The summed E-state index contributed by atoms with van der Waals surface area (Å²) in [4.78, 5) is 6.25. The number of halogens is 3. The molecule has 0 atom stereocenters. The molecule has 1 heterocycles. The average Bonchev–Trinajstić information content (AvgIpc) is 2.77. The highest BCUT2D eigenvalue weighted by molar-refractivity contribution is 7.92. The van der Waals surface area contributed by atoms with Crippen LogP contribution in [0, 0.1) is 13.8 Å². The van der Waals surface area contributed by atoms with Crippen LogP contribution in [0.15, 0.2) is 29.4 Å². The van der Waals surface area contributed by atoms with E-state index in [0.717, 1.165) is 12.3 Å². The van der Waals surface area contributed by atoms with E-state index in [2.05, 4.69) is 14.7 Å². The topological polar surface area (TPSA) is 74.8 Å². The van der Waals surface area contributed by atoms with Crippen LogP contribution in [-0.2, 0) is 16.2 Å². The summed E-state index contributed by atoms with van der Waals surface area (Å²) < 4.78 is 64.5. The second-order valence-corrected chi connectivity index (χ2v) is 6.12. The van der Waals surface area contributed by atoms with Gasteiger partial charge >= 0.3 is 6.18 Å². The average molecular weight is 319 g/mol. The highest BCUT2D eigenvalue weighted by Crippen LogP contribution is 2.33. The van der Waals surface area contributed by atoms with E-state index in [4.69, 9.17) is 0 Å². The van der Waals surface area contributed by atoms with Gasteiger partial charge in [0, 0.05) is 5.69 Å². The van der Waals surface area contributed by atoms with Crippen LogP contribution in [0.4, 0.5) is 18.9 Å². The molecule has 2 aromatic rings. The maximum Gasteiger partial charge on any atom is 0.416 e. The van der Waals surface area contributed by atoms with Gasteiger partial charge in [0.1, 0.15) is 5.82 Å². The van der Waals surface area contributed by atoms with Crippen molar-refractivity contribution in [1.82, 2.24) is 9.97 Å². The number of aryl methyl sites for hydroxylation is 2. The molecule has 0 aliphatic rings. The van der Waals surface area contributed by atoms with Crippen LogP contribution in [0.5, 0.6) is 0 Å². The molecule has 0 amide bonds. The van der Waals surface area contributed by atoms with Crippen molar-refractivity contribution in [2.24, 2.45) is 0 Å². The van der Waals surface area contributed by atoms with Crippen LogP contribution in [0.2, 0.25) is 0 Å². The summed E-state index contributed by atoms with van der Waals surface area (Å²) in [6, 6.07) is 3.24. The van der Waals surface area contributed by atoms with Gasteiger partial charge in [0.05, 0.1) is 11.8 Å². The third-order valence-electron chi connectivity index (χ3n) is 2.76. The smallest absolute Gasteiger partial charge is 0.332 e. The summed E-state index contributed by atoms with van der Waals surface area (Å²) in [5.41, 5.74) is -1.04. The highest BCUT2D eigenvalue weighted by Gasteiger charge is 2.32. The number of nitrogens with zero attached hydrogens (tertiary/aromatic N) is 1. The summed E-state index contributed by atoms with van der Waals surface area (Å²) in [6.45, 7) is 2.87. The summed E-state index contributed by atoms with van der Waals surface area (Å²) >= 11 is 0. The second kappa shape index (κ2) is 5.06. The van der Waals surface area contributed by atoms with Crippen molar-refractivity contribution in [3.63, 3.8) is 0 Å². The minimum Gasteiger partial charge on any atom is -0.332 e. The lowest BCUT2D eigenvalue weighted by Crippen LogP contribution is -2.15. The molecule has 5 nitrogen and oxygen atoms in total. The fraction of sp³-hybridized carbons (Fsp3) is 0.250. The molecule has 1 aromatic heterocycles. The molecule has 0 spiro atoms. The molecule has 114 valence electrons. The summed E-state index contributed by atoms with van der Waals surface area (Å²) in [5.74, 6) is 0.385. The first-order valence-electron chi connectivity index (χ1n) is 5.82. The Balaban J connectivity index is 2.36. The quantitative estimate of drug-likeness (QED) is 0.913. The van der Waals surface area contributed by atoms with Gasteiger partial charge in [0.2, 0.25) is 0 Å². The van der Waals surface area contributed by atoms with Gasteiger partial charge in [-0.3, -0.25) is 4.72 Å². The van der Waals surface area contributed by atoms with Gasteiger partial charge in [-0.1, -0.05) is 6.07 Å².